The maximum absolute atomic E-state index is 13.0. The number of hydrogen-bond acceptors (Lipinski definition) is 2. The van der Waals surface area contributed by atoms with Crippen LogP contribution in [0.4, 0.5) is 0 Å². The van der Waals surface area contributed by atoms with Gasteiger partial charge in [-0.15, -0.1) is 0 Å². The van der Waals surface area contributed by atoms with Crippen LogP contribution < -0.4 is 0 Å². The monoisotopic (exact) mass is 337 g/mol. The summed E-state index contributed by atoms with van der Waals surface area (Å²) in [6, 6.07) is 19.2. The Labute approximate surface area is 150 Å². The maximum Gasteiger partial charge on any atom is 0.228 e. The fourth-order valence-corrected chi connectivity index (χ4v) is 3.81. The lowest BCUT2D eigenvalue weighted by molar-refractivity contribution is -0.145. The van der Waals surface area contributed by atoms with Crippen molar-refractivity contribution in [1.82, 2.24) is 4.90 Å². The van der Waals surface area contributed by atoms with Crippen molar-refractivity contribution in [2.24, 2.45) is 5.41 Å². The van der Waals surface area contributed by atoms with Gasteiger partial charge in [0, 0.05) is 12.0 Å². The van der Waals surface area contributed by atoms with Crippen LogP contribution in [-0.2, 0) is 10.4 Å². The van der Waals surface area contributed by atoms with Gasteiger partial charge in [0.1, 0.15) is 5.60 Å². The standard InChI is InChI=1S/C22H27NO2/c1-21(2,3)20(24)23-16-10-15-19(23)22(25,17-11-6-4-7-12-17)18-13-8-5-9-14-18/h4-9,11-14,19,25H,10,15-16H2,1-3H3/t19-/m1/s1. The van der Waals surface area contributed by atoms with Gasteiger partial charge in [-0.2, -0.15) is 0 Å². The first-order chi connectivity index (χ1) is 11.8. The Morgan fingerprint density at radius 1 is 0.960 bits per heavy atom. The summed E-state index contributed by atoms with van der Waals surface area (Å²) in [6.45, 7) is 6.52. The minimum Gasteiger partial charge on any atom is -0.378 e. The summed E-state index contributed by atoms with van der Waals surface area (Å²) in [6.07, 6.45) is 1.70. The topological polar surface area (TPSA) is 40.5 Å². The van der Waals surface area contributed by atoms with Gasteiger partial charge >= 0.3 is 0 Å². The molecule has 0 bridgehead atoms. The summed E-state index contributed by atoms with van der Waals surface area (Å²) >= 11 is 0. The first kappa shape index (κ1) is 17.7. The van der Waals surface area contributed by atoms with Gasteiger partial charge in [0.25, 0.3) is 0 Å². The number of nitrogens with zero attached hydrogens (tertiary/aromatic N) is 1. The molecule has 0 radical (unpaired) electrons. The zero-order valence-electron chi connectivity index (χ0n) is 15.3. The van der Waals surface area contributed by atoms with Crippen LogP contribution in [0, 0.1) is 5.41 Å². The number of likely N-dealkylation sites (tertiary alicyclic amines) is 1. The van der Waals surface area contributed by atoms with Gasteiger partial charge in [-0.3, -0.25) is 4.79 Å². The van der Waals surface area contributed by atoms with E-state index >= 15 is 0 Å². The molecule has 1 amide bonds. The van der Waals surface area contributed by atoms with E-state index in [-0.39, 0.29) is 11.9 Å². The maximum atomic E-state index is 13.0. The second-order valence-corrected chi connectivity index (χ2v) is 7.91. The van der Waals surface area contributed by atoms with Crippen molar-refractivity contribution >= 4 is 5.91 Å². The lowest BCUT2D eigenvalue weighted by atomic mass is 9.78. The molecule has 2 aromatic rings. The van der Waals surface area contributed by atoms with E-state index in [0.29, 0.717) is 6.54 Å². The number of carbonyl (C=O) groups excluding carboxylic acids is 1. The van der Waals surface area contributed by atoms with E-state index in [0.717, 1.165) is 24.0 Å². The molecule has 0 spiro atoms. The molecule has 132 valence electrons. The molecule has 1 saturated heterocycles. The zero-order valence-corrected chi connectivity index (χ0v) is 15.3. The highest BCUT2D eigenvalue weighted by Crippen LogP contribution is 2.41. The van der Waals surface area contributed by atoms with Crippen LogP contribution in [0.2, 0.25) is 0 Å². The highest BCUT2D eigenvalue weighted by atomic mass is 16.3. The molecule has 1 aliphatic heterocycles. The number of benzene rings is 2. The SMILES string of the molecule is CC(C)(C)C(=O)N1CCC[C@@H]1C(O)(c1ccccc1)c1ccccc1. The van der Waals surface area contributed by atoms with Crippen LogP contribution in [0.15, 0.2) is 60.7 Å². The molecular formula is C22H27NO2. The fourth-order valence-electron chi connectivity index (χ4n) is 3.81. The van der Waals surface area contributed by atoms with Gasteiger partial charge < -0.3 is 10.0 Å². The van der Waals surface area contributed by atoms with Crippen molar-refractivity contribution in [2.75, 3.05) is 6.54 Å². The van der Waals surface area contributed by atoms with Crippen LogP contribution in [0.3, 0.4) is 0 Å². The van der Waals surface area contributed by atoms with Gasteiger partial charge in [-0.1, -0.05) is 81.4 Å². The molecule has 1 heterocycles. The van der Waals surface area contributed by atoms with Gasteiger partial charge in [-0.25, -0.2) is 0 Å². The van der Waals surface area contributed by atoms with Crippen molar-refractivity contribution in [3.05, 3.63) is 71.8 Å². The molecule has 1 N–H and O–H groups in total. The summed E-state index contributed by atoms with van der Waals surface area (Å²) in [5.41, 5.74) is -0.00352. The number of amides is 1. The van der Waals surface area contributed by atoms with Crippen molar-refractivity contribution in [2.45, 2.75) is 45.3 Å². The Kier molecular flexibility index (Phi) is 4.70. The van der Waals surface area contributed by atoms with E-state index in [1.54, 1.807) is 0 Å². The summed E-state index contributed by atoms with van der Waals surface area (Å²) in [5, 5.41) is 11.9. The molecule has 25 heavy (non-hydrogen) atoms. The molecule has 3 heteroatoms. The molecule has 1 atom stereocenters. The van der Waals surface area contributed by atoms with E-state index in [1.165, 1.54) is 0 Å². The van der Waals surface area contributed by atoms with E-state index in [4.69, 9.17) is 0 Å². The zero-order chi connectivity index (χ0) is 18.1. The highest BCUT2D eigenvalue weighted by molar-refractivity contribution is 5.82. The Bertz CT molecular complexity index is 679. The first-order valence-electron chi connectivity index (χ1n) is 8.99. The molecular weight excluding hydrogens is 310 g/mol. The Morgan fingerprint density at radius 3 is 1.88 bits per heavy atom. The smallest absolute Gasteiger partial charge is 0.228 e. The Morgan fingerprint density at radius 2 is 1.44 bits per heavy atom. The fraction of sp³-hybridized carbons (Fsp3) is 0.409. The van der Waals surface area contributed by atoms with Crippen molar-refractivity contribution in [3.8, 4) is 0 Å². The molecule has 1 aliphatic rings. The number of hydrogen-bond donors (Lipinski definition) is 1. The van der Waals surface area contributed by atoms with Crippen LogP contribution >= 0.6 is 0 Å². The molecule has 0 aliphatic carbocycles. The minimum absolute atomic E-state index is 0.0975. The minimum atomic E-state index is -1.21. The van der Waals surface area contributed by atoms with Crippen LogP contribution in [0.5, 0.6) is 0 Å². The van der Waals surface area contributed by atoms with Gasteiger partial charge in [0.2, 0.25) is 5.91 Å². The Hall–Kier alpha value is -2.13. The van der Waals surface area contributed by atoms with Crippen LogP contribution in [-0.4, -0.2) is 28.5 Å². The summed E-state index contributed by atoms with van der Waals surface area (Å²) in [5.74, 6) is 0.0975. The Balaban J connectivity index is 2.11. The van der Waals surface area contributed by atoms with Crippen molar-refractivity contribution < 1.29 is 9.90 Å². The third-order valence-corrected chi connectivity index (χ3v) is 5.07. The van der Waals surface area contributed by atoms with Gasteiger partial charge in [-0.05, 0) is 24.0 Å². The molecule has 1 fully saturated rings. The average Bonchev–Trinajstić information content (AvgIpc) is 3.11. The quantitative estimate of drug-likeness (QED) is 0.921. The predicted octanol–water partition coefficient (Wildman–Crippen LogP) is 3.96. The second-order valence-electron chi connectivity index (χ2n) is 7.91. The number of rotatable bonds is 3. The third-order valence-electron chi connectivity index (χ3n) is 5.07. The van der Waals surface area contributed by atoms with E-state index < -0.39 is 11.0 Å². The van der Waals surface area contributed by atoms with Gasteiger partial charge in [0.15, 0.2) is 0 Å². The lowest BCUT2D eigenvalue weighted by Gasteiger charge is -2.42. The van der Waals surface area contributed by atoms with Gasteiger partial charge in [0.05, 0.1) is 6.04 Å². The average molecular weight is 337 g/mol. The molecule has 0 aromatic heterocycles. The van der Waals surface area contributed by atoms with Crippen molar-refractivity contribution in [1.29, 1.82) is 0 Å². The summed E-state index contributed by atoms with van der Waals surface area (Å²) in [4.78, 5) is 14.9. The predicted molar refractivity (Wildman–Crippen MR) is 100 cm³/mol. The van der Waals surface area contributed by atoms with Crippen LogP contribution in [0.1, 0.15) is 44.7 Å². The molecule has 0 saturated carbocycles. The van der Waals surface area contributed by atoms with E-state index in [1.807, 2.05) is 86.3 Å². The highest BCUT2D eigenvalue weighted by Gasteiger charge is 2.48. The molecule has 2 aromatic carbocycles. The molecule has 3 nitrogen and oxygen atoms in total. The first-order valence-corrected chi connectivity index (χ1v) is 8.99. The van der Waals surface area contributed by atoms with E-state index in [2.05, 4.69) is 0 Å². The molecule has 3 rings (SSSR count). The molecule has 0 unspecified atom stereocenters. The third kappa shape index (κ3) is 3.21. The van der Waals surface area contributed by atoms with Crippen LogP contribution in [0.25, 0.3) is 0 Å². The normalized spacial score (nSPS) is 18.4. The number of aliphatic hydroxyl groups is 1. The lowest BCUT2D eigenvalue weighted by Crippen LogP contribution is -2.53. The number of carbonyl (C=O) groups is 1. The largest absolute Gasteiger partial charge is 0.378 e. The summed E-state index contributed by atoms with van der Waals surface area (Å²) in [7, 11) is 0. The second kappa shape index (κ2) is 6.64. The summed E-state index contributed by atoms with van der Waals surface area (Å²) < 4.78 is 0. The van der Waals surface area contributed by atoms with E-state index in [9.17, 15) is 9.90 Å². The van der Waals surface area contributed by atoms with Crippen molar-refractivity contribution in [3.63, 3.8) is 0 Å².